The van der Waals surface area contributed by atoms with Gasteiger partial charge in [-0.3, -0.25) is 9.59 Å². The van der Waals surface area contributed by atoms with Gasteiger partial charge >= 0.3 is 0 Å². The molecule has 1 saturated heterocycles. The lowest BCUT2D eigenvalue weighted by Crippen LogP contribution is -2.37. The highest BCUT2D eigenvalue weighted by molar-refractivity contribution is 5.81. The largest absolute Gasteiger partial charge is 0.383 e. The van der Waals surface area contributed by atoms with Crippen LogP contribution in [0.15, 0.2) is 6.07 Å². The number of aryl methyl sites for hydroxylation is 2. The third-order valence-corrected chi connectivity index (χ3v) is 6.14. The maximum atomic E-state index is 12.6. The van der Waals surface area contributed by atoms with Crippen LogP contribution in [0.3, 0.4) is 0 Å². The Kier molecular flexibility index (Phi) is 7.22. The minimum atomic E-state index is -0.369. The van der Waals surface area contributed by atoms with Crippen LogP contribution < -0.4 is 5.32 Å². The summed E-state index contributed by atoms with van der Waals surface area (Å²) in [4.78, 5) is 31.6. The third-order valence-electron chi connectivity index (χ3n) is 6.14. The molecule has 0 spiro atoms. The van der Waals surface area contributed by atoms with Gasteiger partial charge in [-0.25, -0.2) is 9.50 Å². The Morgan fingerprint density at radius 2 is 2.03 bits per heavy atom. The average Bonchev–Trinajstić information content (AvgIpc) is 3.33. The SMILES string of the molecule is COC[C@@H](C)NC(=O)CCc1c(C)nc2cc([C@H]3CCN(C(=O)C(C)(C)C)C3)nn2c1C. The molecule has 3 rings (SSSR count). The van der Waals surface area contributed by atoms with Crippen molar-refractivity contribution in [3.05, 3.63) is 28.7 Å². The molecule has 2 atom stereocenters. The Bertz CT molecular complexity index is 992. The zero-order valence-electron chi connectivity index (χ0n) is 20.5. The Morgan fingerprint density at radius 1 is 1.31 bits per heavy atom. The molecule has 0 unspecified atom stereocenters. The van der Waals surface area contributed by atoms with Gasteiger partial charge in [-0.2, -0.15) is 5.10 Å². The van der Waals surface area contributed by atoms with Crippen LogP contribution in [0.25, 0.3) is 5.65 Å². The molecule has 0 aliphatic carbocycles. The monoisotopic (exact) mass is 443 g/mol. The molecule has 0 saturated carbocycles. The summed E-state index contributed by atoms with van der Waals surface area (Å²) >= 11 is 0. The smallest absolute Gasteiger partial charge is 0.227 e. The molecule has 0 bridgehead atoms. The van der Waals surface area contributed by atoms with Crippen molar-refractivity contribution in [2.24, 2.45) is 5.41 Å². The molecule has 8 heteroatoms. The molecule has 0 aromatic carbocycles. The number of hydrogen-bond donors (Lipinski definition) is 1. The number of ether oxygens (including phenoxy) is 1. The van der Waals surface area contributed by atoms with Gasteiger partial charge in [0, 0.05) is 61.4 Å². The number of amides is 2. The fraction of sp³-hybridized carbons (Fsp3) is 0.667. The molecule has 176 valence electrons. The van der Waals surface area contributed by atoms with Crippen LogP contribution >= 0.6 is 0 Å². The van der Waals surface area contributed by atoms with Crippen LogP contribution in [0, 0.1) is 19.3 Å². The highest BCUT2D eigenvalue weighted by Gasteiger charge is 2.34. The molecule has 8 nitrogen and oxygen atoms in total. The standard InChI is InChI=1S/C24H37N5O3/c1-15(14-32-7)25-22(30)9-8-19-16(2)26-21-12-20(27-29(21)17(19)3)18-10-11-28(13-18)23(31)24(4,5)6/h12,15,18H,8-11,13-14H2,1-7H3,(H,25,30)/t15-,18+/m1/s1. The number of rotatable bonds is 7. The van der Waals surface area contributed by atoms with Crippen molar-refractivity contribution >= 4 is 17.5 Å². The van der Waals surface area contributed by atoms with Crippen molar-refractivity contribution in [2.75, 3.05) is 26.8 Å². The van der Waals surface area contributed by atoms with Crippen LogP contribution in [0.2, 0.25) is 0 Å². The van der Waals surface area contributed by atoms with Gasteiger partial charge in [0.25, 0.3) is 0 Å². The number of aromatic nitrogens is 3. The van der Waals surface area contributed by atoms with Gasteiger partial charge in [0.05, 0.1) is 12.3 Å². The summed E-state index contributed by atoms with van der Waals surface area (Å²) in [5.74, 6) is 0.415. The van der Waals surface area contributed by atoms with Crippen molar-refractivity contribution in [1.82, 2.24) is 24.8 Å². The summed E-state index contributed by atoms with van der Waals surface area (Å²) < 4.78 is 6.96. The quantitative estimate of drug-likeness (QED) is 0.711. The molecular formula is C24H37N5O3. The lowest BCUT2D eigenvalue weighted by atomic mass is 9.95. The molecule has 32 heavy (non-hydrogen) atoms. The summed E-state index contributed by atoms with van der Waals surface area (Å²) in [5.41, 5.74) is 4.42. The van der Waals surface area contributed by atoms with Crippen molar-refractivity contribution in [1.29, 1.82) is 0 Å². The summed E-state index contributed by atoms with van der Waals surface area (Å²) in [6, 6.07) is 2.03. The highest BCUT2D eigenvalue weighted by atomic mass is 16.5. The molecule has 0 radical (unpaired) electrons. The molecular weight excluding hydrogens is 406 g/mol. The molecule has 1 N–H and O–H groups in total. The average molecular weight is 444 g/mol. The number of hydrogen-bond acceptors (Lipinski definition) is 5. The number of fused-ring (bicyclic) bond motifs is 1. The van der Waals surface area contributed by atoms with Crippen molar-refractivity contribution in [3.63, 3.8) is 0 Å². The highest BCUT2D eigenvalue weighted by Crippen LogP contribution is 2.30. The summed E-state index contributed by atoms with van der Waals surface area (Å²) in [7, 11) is 1.63. The number of likely N-dealkylation sites (tertiary alicyclic amines) is 1. The van der Waals surface area contributed by atoms with Gasteiger partial charge in [-0.05, 0) is 39.2 Å². The zero-order valence-corrected chi connectivity index (χ0v) is 20.5. The van der Waals surface area contributed by atoms with E-state index in [1.807, 2.05) is 57.0 Å². The van der Waals surface area contributed by atoms with Gasteiger partial charge in [0.2, 0.25) is 11.8 Å². The van der Waals surface area contributed by atoms with E-state index in [-0.39, 0.29) is 29.2 Å². The van der Waals surface area contributed by atoms with E-state index in [9.17, 15) is 9.59 Å². The van der Waals surface area contributed by atoms with E-state index in [2.05, 4.69) is 5.32 Å². The maximum absolute atomic E-state index is 12.6. The Morgan fingerprint density at radius 3 is 2.69 bits per heavy atom. The van der Waals surface area contributed by atoms with E-state index in [4.69, 9.17) is 14.8 Å². The molecule has 1 aliphatic rings. The normalized spacial score (nSPS) is 17.7. The van der Waals surface area contributed by atoms with E-state index in [0.717, 1.165) is 41.3 Å². The predicted molar refractivity (Wildman–Crippen MR) is 124 cm³/mol. The lowest BCUT2D eigenvalue weighted by molar-refractivity contribution is -0.138. The first kappa shape index (κ1) is 24.2. The topological polar surface area (TPSA) is 88.8 Å². The van der Waals surface area contributed by atoms with E-state index in [0.29, 0.717) is 26.0 Å². The second-order valence-corrected chi connectivity index (χ2v) is 10.0. The minimum Gasteiger partial charge on any atom is -0.383 e. The maximum Gasteiger partial charge on any atom is 0.227 e. The first-order valence-corrected chi connectivity index (χ1v) is 11.4. The van der Waals surface area contributed by atoms with E-state index in [1.54, 1.807) is 7.11 Å². The number of nitrogens with one attached hydrogen (secondary N) is 1. The first-order valence-electron chi connectivity index (χ1n) is 11.4. The minimum absolute atomic E-state index is 0.00386. The Hall–Kier alpha value is -2.48. The Balaban J connectivity index is 1.74. The Labute approximate surface area is 190 Å². The predicted octanol–water partition coefficient (Wildman–Crippen LogP) is 2.79. The molecule has 2 aromatic heterocycles. The van der Waals surface area contributed by atoms with Crippen molar-refractivity contribution in [3.8, 4) is 0 Å². The van der Waals surface area contributed by atoms with Crippen LogP contribution in [0.1, 0.15) is 69.1 Å². The molecule has 2 amide bonds. The number of methoxy groups -OCH3 is 1. The van der Waals surface area contributed by atoms with Crippen LogP contribution in [-0.2, 0) is 20.7 Å². The van der Waals surface area contributed by atoms with E-state index in [1.165, 1.54) is 0 Å². The van der Waals surface area contributed by atoms with Gasteiger partial charge in [-0.15, -0.1) is 0 Å². The van der Waals surface area contributed by atoms with Gasteiger partial charge in [0.15, 0.2) is 5.65 Å². The molecule has 3 heterocycles. The summed E-state index contributed by atoms with van der Waals surface area (Å²) in [6.45, 7) is 13.8. The van der Waals surface area contributed by atoms with E-state index >= 15 is 0 Å². The molecule has 1 fully saturated rings. The second-order valence-electron chi connectivity index (χ2n) is 10.0. The second kappa shape index (κ2) is 9.57. The lowest BCUT2D eigenvalue weighted by Gasteiger charge is -2.25. The van der Waals surface area contributed by atoms with Crippen LogP contribution in [-0.4, -0.2) is 64.2 Å². The van der Waals surface area contributed by atoms with Gasteiger partial charge < -0.3 is 15.0 Å². The van der Waals surface area contributed by atoms with Crippen molar-refractivity contribution in [2.45, 2.75) is 72.8 Å². The van der Waals surface area contributed by atoms with Crippen LogP contribution in [0.4, 0.5) is 0 Å². The first-order chi connectivity index (χ1) is 15.0. The summed E-state index contributed by atoms with van der Waals surface area (Å²) in [5, 5.41) is 7.80. The third kappa shape index (κ3) is 5.28. The molecule has 2 aromatic rings. The van der Waals surface area contributed by atoms with Crippen LogP contribution in [0.5, 0.6) is 0 Å². The van der Waals surface area contributed by atoms with Gasteiger partial charge in [-0.1, -0.05) is 20.8 Å². The fourth-order valence-corrected chi connectivity index (χ4v) is 4.44. The summed E-state index contributed by atoms with van der Waals surface area (Å²) in [6.07, 6.45) is 1.92. The fourth-order valence-electron chi connectivity index (χ4n) is 4.44. The van der Waals surface area contributed by atoms with Crippen molar-refractivity contribution < 1.29 is 14.3 Å². The number of nitrogens with zero attached hydrogens (tertiary/aromatic N) is 4. The van der Waals surface area contributed by atoms with E-state index < -0.39 is 0 Å². The van der Waals surface area contributed by atoms with Gasteiger partial charge in [0.1, 0.15) is 0 Å². The molecule has 1 aliphatic heterocycles. The number of carbonyl (C=O) groups is 2. The zero-order chi connectivity index (χ0) is 23.6. The number of carbonyl (C=O) groups excluding carboxylic acids is 2.